The van der Waals surface area contributed by atoms with Crippen molar-refractivity contribution >= 4 is 11.6 Å². The Balaban J connectivity index is 2.24. The van der Waals surface area contributed by atoms with Crippen molar-refractivity contribution in [2.75, 3.05) is 13.2 Å². The summed E-state index contributed by atoms with van der Waals surface area (Å²) >= 11 is 6.06. The SMILES string of the molecule is CCOc1ccccc1OC(CCN)c1cccc(Cl)c1. The molecular weight excluding hydrogens is 286 g/mol. The number of rotatable bonds is 7. The van der Waals surface area contributed by atoms with Crippen LogP contribution in [0.2, 0.25) is 5.02 Å². The standard InChI is InChI=1S/C17H20ClNO2/c1-2-20-16-8-3-4-9-17(16)21-15(10-11-19)13-6-5-7-14(18)12-13/h3-9,12,15H,2,10-11,19H2,1H3. The van der Waals surface area contributed by atoms with E-state index in [0.29, 0.717) is 24.6 Å². The molecule has 0 saturated carbocycles. The van der Waals surface area contributed by atoms with Crippen LogP contribution in [0.1, 0.15) is 25.0 Å². The van der Waals surface area contributed by atoms with E-state index in [9.17, 15) is 0 Å². The average Bonchev–Trinajstić information content (AvgIpc) is 2.49. The second-order valence-electron chi connectivity index (χ2n) is 4.62. The van der Waals surface area contributed by atoms with Gasteiger partial charge in [-0.25, -0.2) is 0 Å². The number of halogens is 1. The lowest BCUT2D eigenvalue weighted by molar-refractivity contribution is 0.186. The summed E-state index contributed by atoms with van der Waals surface area (Å²) in [4.78, 5) is 0. The predicted molar refractivity (Wildman–Crippen MR) is 86.1 cm³/mol. The zero-order valence-electron chi connectivity index (χ0n) is 12.1. The van der Waals surface area contributed by atoms with Gasteiger partial charge in [0.2, 0.25) is 0 Å². The maximum Gasteiger partial charge on any atom is 0.162 e. The van der Waals surface area contributed by atoms with E-state index >= 15 is 0 Å². The lowest BCUT2D eigenvalue weighted by Crippen LogP contribution is -2.13. The third-order valence-electron chi connectivity index (χ3n) is 3.07. The summed E-state index contributed by atoms with van der Waals surface area (Å²) < 4.78 is 11.7. The summed E-state index contributed by atoms with van der Waals surface area (Å²) in [7, 11) is 0. The first-order chi connectivity index (χ1) is 10.2. The Morgan fingerprint density at radius 3 is 2.52 bits per heavy atom. The van der Waals surface area contributed by atoms with Crippen LogP contribution in [0.25, 0.3) is 0 Å². The van der Waals surface area contributed by atoms with Crippen molar-refractivity contribution in [3.63, 3.8) is 0 Å². The van der Waals surface area contributed by atoms with Crippen LogP contribution in [-0.2, 0) is 0 Å². The Bertz CT molecular complexity index is 574. The lowest BCUT2D eigenvalue weighted by atomic mass is 10.1. The molecule has 0 spiro atoms. The van der Waals surface area contributed by atoms with Gasteiger partial charge in [0.25, 0.3) is 0 Å². The highest BCUT2D eigenvalue weighted by Crippen LogP contribution is 2.32. The van der Waals surface area contributed by atoms with Crippen molar-refractivity contribution in [2.24, 2.45) is 5.73 Å². The molecule has 0 aliphatic carbocycles. The molecule has 0 heterocycles. The molecule has 112 valence electrons. The number of ether oxygens (including phenoxy) is 2. The second-order valence-corrected chi connectivity index (χ2v) is 5.06. The van der Waals surface area contributed by atoms with Gasteiger partial charge < -0.3 is 15.2 Å². The van der Waals surface area contributed by atoms with E-state index in [1.165, 1.54) is 0 Å². The summed E-state index contributed by atoms with van der Waals surface area (Å²) in [6.07, 6.45) is 0.566. The summed E-state index contributed by atoms with van der Waals surface area (Å²) in [6.45, 7) is 3.08. The molecule has 21 heavy (non-hydrogen) atoms. The smallest absolute Gasteiger partial charge is 0.162 e. The minimum atomic E-state index is -0.143. The Morgan fingerprint density at radius 2 is 1.86 bits per heavy atom. The van der Waals surface area contributed by atoms with Crippen LogP contribution >= 0.6 is 11.6 Å². The maximum atomic E-state index is 6.12. The zero-order chi connectivity index (χ0) is 15.1. The molecule has 0 saturated heterocycles. The van der Waals surface area contributed by atoms with Crippen molar-refractivity contribution < 1.29 is 9.47 Å². The molecule has 0 radical (unpaired) electrons. The number of nitrogens with two attached hydrogens (primary N) is 1. The van der Waals surface area contributed by atoms with Crippen LogP contribution in [0.3, 0.4) is 0 Å². The van der Waals surface area contributed by atoms with Gasteiger partial charge in [-0.1, -0.05) is 35.9 Å². The molecule has 2 rings (SSSR count). The van der Waals surface area contributed by atoms with E-state index in [1.54, 1.807) is 0 Å². The molecule has 2 aromatic rings. The Morgan fingerprint density at radius 1 is 1.10 bits per heavy atom. The van der Waals surface area contributed by atoms with Crippen LogP contribution < -0.4 is 15.2 Å². The normalized spacial score (nSPS) is 12.0. The van der Waals surface area contributed by atoms with Gasteiger partial charge in [-0.15, -0.1) is 0 Å². The van der Waals surface area contributed by atoms with Gasteiger partial charge in [-0.05, 0) is 43.3 Å². The van der Waals surface area contributed by atoms with E-state index in [-0.39, 0.29) is 6.10 Å². The fourth-order valence-corrected chi connectivity index (χ4v) is 2.33. The lowest BCUT2D eigenvalue weighted by Gasteiger charge is -2.21. The molecule has 0 aliphatic heterocycles. The van der Waals surface area contributed by atoms with Crippen LogP contribution in [-0.4, -0.2) is 13.2 Å². The van der Waals surface area contributed by atoms with Gasteiger partial charge in [0.15, 0.2) is 11.5 Å². The van der Waals surface area contributed by atoms with Crippen LogP contribution in [0, 0.1) is 0 Å². The number of hydrogen-bond donors (Lipinski definition) is 1. The van der Waals surface area contributed by atoms with Crippen molar-refractivity contribution in [1.29, 1.82) is 0 Å². The highest BCUT2D eigenvalue weighted by atomic mass is 35.5. The van der Waals surface area contributed by atoms with Gasteiger partial charge in [0.05, 0.1) is 6.61 Å². The molecule has 2 N–H and O–H groups in total. The number of benzene rings is 2. The summed E-state index contributed by atoms with van der Waals surface area (Å²) in [5.74, 6) is 1.46. The first-order valence-electron chi connectivity index (χ1n) is 7.08. The molecule has 3 nitrogen and oxygen atoms in total. The number of hydrogen-bond acceptors (Lipinski definition) is 3. The molecule has 4 heteroatoms. The van der Waals surface area contributed by atoms with E-state index in [0.717, 1.165) is 17.1 Å². The fraction of sp³-hybridized carbons (Fsp3) is 0.294. The van der Waals surface area contributed by atoms with Gasteiger partial charge in [-0.2, -0.15) is 0 Å². The van der Waals surface area contributed by atoms with E-state index in [2.05, 4.69) is 0 Å². The maximum absolute atomic E-state index is 6.12. The van der Waals surface area contributed by atoms with E-state index in [4.69, 9.17) is 26.8 Å². The molecular formula is C17H20ClNO2. The van der Waals surface area contributed by atoms with Crippen molar-refractivity contribution in [2.45, 2.75) is 19.4 Å². The van der Waals surface area contributed by atoms with Crippen LogP contribution in [0.5, 0.6) is 11.5 Å². The molecule has 0 fully saturated rings. The van der Waals surface area contributed by atoms with E-state index < -0.39 is 0 Å². The molecule has 1 atom stereocenters. The molecule has 0 amide bonds. The Kier molecular flexibility index (Phi) is 5.90. The summed E-state index contributed by atoms with van der Waals surface area (Å²) in [5.41, 5.74) is 6.72. The second kappa shape index (κ2) is 7.91. The first-order valence-corrected chi connectivity index (χ1v) is 7.46. The average molecular weight is 306 g/mol. The quantitative estimate of drug-likeness (QED) is 0.833. The Labute approximate surface area is 130 Å². The van der Waals surface area contributed by atoms with Crippen LogP contribution in [0.15, 0.2) is 48.5 Å². The van der Waals surface area contributed by atoms with Crippen molar-refractivity contribution in [3.8, 4) is 11.5 Å². The first kappa shape index (κ1) is 15.7. The fourth-order valence-electron chi connectivity index (χ4n) is 2.13. The molecule has 0 aromatic heterocycles. The monoisotopic (exact) mass is 305 g/mol. The summed E-state index contributed by atoms with van der Waals surface area (Å²) in [5, 5.41) is 0.691. The molecule has 0 aliphatic rings. The molecule has 1 unspecified atom stereocenters. The molecule has 0 bridgehead atoms. The molecule has 2 aromatic carbocycles. The third kappa shape index (κ3) is 4.38. The highest BCUT2D eigenvalue weighted by molar-refractivity contribution is 6.30. The van der Waals surface area contributed by atoms with Crippen molar-refractivity contribution in [3.05, 3.63) is 59.1 Å². The highest BCUT2D eigenvalue weighted by Gasteiger charge is 2.15. The van der Waals surface area contributed by atoms with Gasteiger partial charge in [0, 0.05) is 11.4 Å². The van der Waals surface area contributed by atoms with Crippen LogP contribution in [0.4, 0.5) is 0 Å². The predicted octanol–water partition coefficient (Wildman–Crippen LogP) is 4.21. The minimum absolute atomic E-state index is 0.143. The van der Waals surface area contributed by atoms with Gasteiger partial charge in [0.1, 0.15) is 6.10 Å². The largest absolute Gasteiger partial charge is 0.490 e. The summed E-state index contributed by atoms with van der Waals surface area (Å²) in [6, 6.07) is 15.3. The van der Waals surface area contributed by atoms with Crippen molar-refractivity contribution in [1.82, 2.24) is 0 Å². The minimum Gasteiger partial charge on any atom is -0.490 e. The zero-order valence-corrected chi connectivity index (χ0v) is 12.8. The Hall–Kier alpha value is -1.71. The number of para-hydroxylation sites is 2. The van der Waals surface area contributed by atoms with Gasteiger partial charge >= 0.3 is 0 Å². The van der Waals surface area contributed by atoms with Gasteiger partial charge in [-0.3, -0.25) is 0 Å². The van der Waals surface area contributed by atoms with E-state index in [1.807, 2.05) is 55.5 Å². The topological polar surface area (TPSA) is 44.5 Å². The third-order valence-corrected chi connectivity index (χ3v) is 3.30.